The molecule has 3 aromatic carbocycles. The molecule has 1 aliphatic rings. The van der Waals surface area contributed by atoms with Crippen LogP contribution >= 0.6 is 0 Å². The highest BCUT2D eigenvalue weighted by molar-refractivity contribution is 5.90. The summed E-state index contributed by atoms with van der Waals surface area (Å²) < 4.78 is 32.1. The summed E-state index contributed by atoms with van der Waals surface area (Å²) in [5, 5.41) is 0. The zero-order chi connectivity index (χ0) is 21.6. The van der Waals surface area contributed by atoms with Crippen LogP contribution in [0.1, 0.15) is 32.4 Å². The first-order valence-electron chi connectivity index (χ1n) is 9.96. The van der Waals surface area contributed by atoms with Crippen molar-refractivity contribution in [1.29, 1.82) is 0 Å². The Morgan fingerprint density at radius 3 is 1.87 bits per heavy atom. The number of halogens is 1. The number of hydrogen-bond acceptors (Lipinski definition) is 5. The zero-order valence-electron chi connectivity index (χ0n) is 16.6. The van der Waals surface area contributed by atoms with E-state index in [0.29, 0.717) is 16.7 Å². The lowest BCUT2D eigenvalue weighted by atomic mass is 10.0. The lowest BCUT2D eigenvalue weighted by Crippen LogP contribution is -2.36. The summed E-state index contributed by atoms with van der Waals surface area (Å²) in [4.78, 5) is 24.8. The third-order valence-electron chi connectivity index (χ3n) is 5.06. The lowest BCUT2D eigenvalue weighted by molar-refractivity contribution is -0.0430. The van der Waals surface area contributed by atoms with Gasteiger partial charge in [-0.3, -0.25) is 0 Å². The van der Waals surface area contributed by atoms with Crippen molar-refractivity contribution in [1.82, 2.24) is 0 Å². The van der Waals surface area contributed by atoms with Crippen LogP contribution in [0, 0.1) is 0 Å². The van der Waals surface area contributed by atoms with Gasteiger partial charge < -0.3 is 14.2 Å². The normalized spacial score (nSPS) is 22.6. The first-order valence-corrected chi connectivity index (χ1v) is 9.96. The first kappa shape index (κ1) is 20.8. The van der Waals surface area contributed by atoms with E-state index < -0.39 is 36.4 Å². The molecule has 4 rings (SSSR count). The lowest BCUT2D eigenvalue weighted by Gasteiger charge is -2.20. The summed E-state index contributed by atoms with van der Waals surface area (Å²) in [6.07, 6.45) is -4.72. The SMILES string of the molecule is O=C(OCC1OC(c2ccccc2)C([18F])C1OC(=O)c1ccccc1)c1ccccc1. The van der Waals surface area contributed by atoms with Gasteiger partial charge in [-0.25, -0.2) is 14.0 Å². The molecule has 5 nitrogen and oxygen atoms in total. The van der Waals surface area contributed by atoms with Crippen molar-refractivity contribution in [3.8, 4) is 0 Å². The molecule has 4 atom stereocenters. The summed E-state index contributed by atoms with van der Waals surface area (Å²) in [7, 11) is 0. The molecule has 1 fully saturated rings. The van der Waals surface area contributed by atoms with Crippen LogP contribution in [-0.2, 0) is 14.2 Å². The fourth-order valence-corrected chi connectivity index (χ4v) is 3.48. The first-order chi connectivity index (χ1) is 15.1. The van der Waals surface area contributed by atoms with Gasteiger partial charge in [-0.1, -0.05) is 66.7 Å². The fraction of sp³-hybridized carbons (Fsp3) is 0.200. The number of carbonyl (C=O) groups is 2. The van der Waals surface area contributed by atoms with Crippen molar-refractivity contribution in [2.45, 2.75) is 24.5 Å². The predicted octanol–water partition coefficient (Wildman–Crippen LogP) is 4.55. The number of ether oxygens (including phenoxy) is 3. The van der Waals surface area contributed by atoms with Crippen molar-refractivity contribution in [2.75, 3.05) is 6.61 Å². The van der Waals surface area contributed by atoms with Gasteiger partial charge >= 0.3 is 11.9 Å². The molecular formula is C25H21FO5. The molecule has 6 heteroatoms. The van der Waals surface area contributed by atoms with E-state index in [-0.39, 0.29) is 6.61 Å². The average molecular weight is 419 g/mol. The van der Waals surface area contributed by atoms with Gasteiger partial charge in [0, 0.05) is 0 Å². The van der Waals surface area contributed by atoms with Crippen LogP contribution in [0.2, 0.25) is 0 Å². The second-order valence-corrected chi connectivity index (χ2v) is 7.15. The standard InChI is InChI=1S/C25H21FO5/c26-21-22(17-10-4-1-5-11-17)30-20(16-29-24(27)18-12-6-2-7-13-18)23(21)31-25(28)19-14-8-3-9-15-19/h1-15,20-23H,16H2/i26-1. The van der Waals surface area contributed by atoms with Crippen LogP contribution in [0.25, 0.3) is 0 Å². The highest BCUT2D eigenvalue weighted by Crippen LogP contribution is 2.38. The topological polar surface area (TPSA) is 61.8 Å². The third-order valence-corrected chi connectivity index (χ3v) is 5.06. The van der Waals surface area contributed by atoms with E-state index in [4.69, 9.17) is 14.2 Å². The minimum Gasteiger partial charge on any atom is -0.459 e. The van der Waals surface area contributed by atoms with E-state index in [1.54, 1.807) is 84.9 Å². The minimum absolute atomic E-state index is 0.246. The van der Waals surface area contributed by atoms with Gasteiger partial charge in [0.25, 0.3) is 0 Å². The van der Waals surface area contributed by atoms with E-state index in [1.807, 2.05) is 6.07 Å². The zero-order valence-corrected chi connectivity index (χ0v) is 16.6. The van der Waals surface area contributed by atoms with Crippen LogP contribution in [0.15, 0.2) is 91.0 Å². The second-order valence-electron chi connectivity index (χ2n) is 7.15. The second kappa shape index (κ2) is 9.53. The van der Waals surface area contributed by atoms with Crippen molar-refractivity contribution < 1.29 is 28.2 Å². The van der Waals surface area contributed by atoms with E-state index in [2.05, 4.69) is 0 Å². The summed E-state index contributed by atoms with van der Waals surface area (Å²) in [5.74, 6) is -1.22. The molecule has 0 bridgehead atoms. The molecule has 3 aromatic rings. The quantitative estimate of drug-likeness (QED) is 0.549. The highest BCUT2D eigenvalue weighted by Gasteiger charge is 2.48. The monoisotopic (exact) mass is 419 g/mol. The Kier molecular flexibility index (Phi) is 6.38. The molecule has 0 aliphatic carbocycles. The Bertz CT molecular complexity index is 1010. The van der Waals surface area contributed by atoms with E-state index >= 15 is 4.39 Å². The largest absolute Gasteiger partial charge is 0.459 e. The average Bonchev–Trinajstić information content (AvgIpc) is 3.14. The molecular weight excluding hydrogens is 398 g/mol. The molecule has 1 heterocycles. The van der Waals surface area contributed by atoms with E-state index in [1.165, 1.54) is 0 Å². The van der Waals surface area contributed by atoms with Crippen molar-refractivity contribution in [3.63, 3.8) is 0 Å². The maximum absolute atomic E-state index is 15.4. The molecule has 4 unspecified atom stereocenters. The van der Waals surface area contributed by atoms with Crippen LogP contribution < -0.4 is 0 Å². The number of esters is 2. The Balaban J connectivity index is 1.51. The highest BCUT2D eigenvalue weighted by atomic mass is 18.2. The van der Waals surface area contributed by atoms with Crippen LogP contribution in [0.5, 0.6) is 0 Å². The van der Waals surface area contributed by atoms with Crippen molar-refractivity contribution in [3.05, 3.63) is 108 Å². The summed E-state index contributed by atoms with van der Waals surface area (Å²) in [6, 6.07) is 25.7. The number of carbonyl (C=O) groups excluding carboxylic acids is 2. The Morgan fingerprint density at radius 2 is 1.29 bits per heavy atom. The van der Waals surface area contributed by atoms with E-state index in [0.717, 1.165) is 0 Å². The van der Waals surface area contributed by atoms with Gasteiger partial charge in [0.2, 0.25) is 0 Å². The maximum Gasteiger partial charge on any atom is 0.338 e. The van der Waals surface area contributed by atoms with Crippen LogP contribution in [0.3, 0.4) is 0 Å². The third kappa shape index (κ3) is 4.81. The molecule has 0 saturated carbocycles. The molecule has 1 saturated heterocycles. The van der Waals surface area contributed by atoms with Gasteiger partial charge in [0.1, 0.15) is 18.8 Å². The van der Waals surface area contributed by atoms with Gasteiger partial charge in [0.05, 0.1) is 11.1 Å². The smallest absolute Gasteiger partial charge is 0.338 e. The molecule has 0 radical (unpaired) electrons. The predicted molar refractivity (Wildman–Crippen MR) is 111 cm³/mol. The molecule has 31 heavy (non-hydrogen) atoms. The number of benzene rings is 3. The van der Waals surface area contributed by atoms with Crippen molar-refractivity contribution in [2.24, 2.45) is 0 Å². The van der Waals surface area contributed by atoms with Gasteiger partial charge in [0.15, 0.2) is 12.3 Å². The van der Waals surface area contributed by atoms with Gasteiger partial charge in [-0.15, -0.1) is 0 Å². The molecule has 1 aliphatic heterocycles. The number of alkyl halides is 1. The summed E-state index contributed by atoms with van der Waals surface area (Å²) >= 11 is 0. The molecule has 0 amide bonds. The minimum atomic E-state index is -1.62. The molecule has 0 N–H and O–H groups in total. The summed E-state index contributed by atoms with van der Waals surface area (Å²) in [6.45, 7) is -0.246. The van der Waals surface area contributed by atoms with Crippen LogP contribution in [-0.4, -0.2) is 36.9 Å². The molecule has 0 spiro atoms. The molecule has 158 valence electrons. The Morgan fingerprint density at radius 1 is 0.774 bits per heavy atom. The van der Waals surface area contributed by atoms with Crippen molar-refractivity contribution >= 4 is 11.9 Å². The number of hydrogen-bond donors (Lipinski definition) is 0. The van der Waals surface area contributed by atoms with Gasteiger partial charge in [-0.05, 0) is 29.8 Å². The maximum atomic E-state index is 15.4. The number of rotatable bonds is 6. The summed E-state index contributed by atoms with van der Waals surface area (Å²) in [5.41, 5.74) is 1.29. The fourth-order valence-electron chi connectivity index (χ4n) is 3.48. The Hall–Kier alpha value is -3.51. The Labute approximate surface area is 179 Å². The van der Waals surface area contributed by atoms with Crippen LogP contribution in [0.4, 0.5) is 4.39 Å². The van der Waals surface area contributed by atoms with Gasteiger partial charge in [-0.2, -0.15) is 0 Å². The van der Waals surface area contributed by atoms with E-state index in [9.17, 15) is 9.59 Å². The molecule has 0 aromatic heterocycles.